The molecule has 0 N–H and O–H groups in total. The van der Waals surface area contributed by atoms with Crippen LogP contribution in [-0.4, -0.2) is 33.5 Å². The Morgan fingerprint density at radius 2 is 1.88 bits per heavy atom. The van der Waals surface area contributed by atoms with Crippen LogP contribution in [0.5, 0.6) is 17.2 Å². The zero-order valence-electron chi connectivity index (χ0n) is 13.8. The molecule has 1 aliphatic rings. The number of ether oxygens (including phenoxy) is 3. The molecule has 5 rings (SSSR count). The average molecular weight is 366 g/mol. The predicted octanol–water partition coefficient (Wildman–Crippen LogP) is 3.37. The van der Waals surface area contributed by atoms with Crippen molar-refractivity contribution in [1.82, 2.24) is 19.8 Å². The minimum Gasteiger partial charge on any atom is -0.496 e. The van der Waals surface area contributed by atoms with E-state index in [2.05, 4.69) is 15.3 Å². The minimum absolute atomic E-state index is 0.276. The molecule has 8 heteroatoms. The number of hydrogen-bond donors (Lipinski definition) is 0. The van der Waals surface area contributed by atoms with Crippen molar-refractivity contribution in [1.29, 1.82) is 0 Å². The van der Waals surface area contributed by atoms with Crippen molar-refractivity contribution in [2.24, 2.45) is 0 Å². The fraction of sp³-hybridized carbons (Fsp3) is 0.167. The second-order valence-electron chi connectivity index (χ2n) is 5.72. The van der Waals surface area contributed by atoms with E-state index in [0.717, 1.165) is 27.8 Å². The van der Waals surface area contributed by atoms with Gasteiger partial charge in [-0.2, -0.15) is 9.61 Å². The van der Waals surface area contributed by atoms with Crippen molar-refractivity contribution in [2.45, 2.75) is 6.10 Å². The molecule has 26 heavy (non-hydrogen) atoms. The minimum atomic E-state index is -0.276. The molecule has 0 saturated heterocycles. The molecule has 7 nitrogen and oxygen atoms in total. The molecule has 130 valence electrons. The lowest BCUT2D eigenvalue weighted by molar-refractivity contribution is 0.0904. The predicted molar refractivity (Wildman–Crippen MR) is 96.0 cm³/mol. The standard InChI is InChI=1S/C18H14N4O3S/c1-23-12-7-3-2-6-11(12)16-19-20-18-22(16)21-17(26-18)15-10-24-13-8-4-5-9-14(13)25-15/h2-9,15H,10H2,1H3/t15-/m0/s1. The second-order valence-corrected chi connectivity index (χ2v) is 6.71. The van der Waals surface area contributed by atoms with E-state index in [1.807, 2.05) is 48.5 Å². The number of fused-ring (bicyclic) bond motifs is 2. The Kier molecular flexibility index (Phi) is 3.49. The van der Waals surface area contributed by atoms with Crippen LogP contribution >= 0.6 is 11.3 Å². The Balaban J connectivity index is 1.53. The fourth-order valence-electron chi connectivity index (χ4n) is 2.90. The zero-order valence-corrected chi connectivity index (χ0v) is 14.6. The molecule has 0 radical (unpaired) electrons. The lowest BCUT2D eigenvalue weighted by Crippen LogP contribution is -2.21. The van der Waals surface area contributed by atoms with Gasteiger partial charge in [0.15, 0.2) is 28.4 Å². The van der Waals surface area contributed by atoms with Gasteiger partial charge in [0.05, 0.1) is 12.7 Å². The SMILES string of the molecule is COc1ccccc1-c1nnc2sc([C@@H]3COc4ccccc4O3)nn12. The van der Waals surface area contributed by atoms with Crippen molar-refractivity contribution in [3.8, 4) is 28.6 Å². The molecule has 0 unspecified atom stereocenters. The number of methoxy groups -OCH3 is 1. The van der Waals surface area contributed by atoms with Gasteiger partial charge in [-0.3, -0.25) is 0 Å². The lowest BCUT2D eigenvalue weighted by atomic mass is 10.2. The van der Waals surface area contributed by atoms with Crippen LogP contribution in [0.4, 0.5) is 0 Å². The fourth-order valence-corrected chi connectivity index (χ4v) is 3.75. The molecule has 0 fully saturated rings. The Labute approximate surface area is 152 Å². The van der Waals surface area contributed by atoms with Crippen LogP contribution in [0.25, 0.3) is 16.3 Å². The summed E-state index contributed by atoms with van der Waals surface area (Å²) in [6.07, 6.45) is -0.276. The normalized spacial score (nSPS) is 16.0. The molecular formula is C18H14N4O3S. The first-order valence-corrected chi connectivity index (χ1v) is 8.89. The quantitative estimate of drug-likeness (QED) is 0.554. The van der Waals surface area contributed by atoms with Crippen molar-refractivity contribution in [3.05, 3.63) is 53.5 Å². The summed E-state index contributed by atoms with van der Waals surface area (Å²) >= 11 is 1.44. The topological polar surface area (TPSA) is 70.8 Å². The van der Waals surface area contributed by atoms with Crippen molar-refractivity contribution in [3.63, 3.8) is 0 Å². The first-order chi connectivity index (χ1) is 12.8. The molecule has 0 spiro atoms. The molecule has 0 bridgehead atoms. The average Bonchev–Trinajstić information content (AvgIpc) is 3.28. The van der Waals surface area contributed by atoms with Crippen LogP contribution in [0.2, 0.25) is 0 Å². The molecule has 2 aromatic carbocycles. The van der Waals surface area contributed by atoms with Gasteiger partial charge < -0.3 is 14.2 Å². The monoisotopic (exact) mass is 366 g/mol. The molecule has 1 atom stereocenters. The number of benzene rings is 2. The van der Waals surface area contributed by atoms with Gasteiger partial charge in [-0.05, 0) is 24.3 Å². The summed E-state index contributed by atoms with van der Waals surface area (Å²) in [6.45, 7) is 0.408. The van der Waals surface area contributed by atoms with Crippen LogP contribution in [0.1, 0.15) is 11.1 Å². The van der Waals surface area contributed by atoms with E-state index in [4.69, 9.17) is 14.2 Å². The zero-order chi connectivity index (χ0) is 17.5. The van der Waals surface area contributed by atoms with Crippen LogP contribution in [0.15, 0.2) is 48.5 Å². The van der Waals surface area contributed by atoms with Crippen molar-refractivity contribution in [2.75, 3.05) is 13.7 Å². The van der Waals surface area contributed by atoms with Gasteiger partial charge in [-0.25, -0.2) is 0 Å². The van der Waals surface area contributed by atoms with E-state index < -0.39 is 0 Å². The molecule has 2 aromatic heterocycles. The van der Waals surface area contributed by atoms with Crippen LogP contribution in [0, 0.1) is 0 Å². The van der Waals surface area contributed by atoms with Crippen LogP contribution < -0.4 is 14.2 Å². The van der Waals surface area contributed by atoms with Gasteiger partial charge in [0.1, 0.15) is 12.4 Å². The Bertz CT molecular complexity index is 1090. The van der Waals surface area contributed by atoms with E-state index in [9.17, 15) is 0 Å². The highest BCUT2D eigenvalue weighted by Crippen LogP contribution is 2.37. The molecule has 0 aliphatic carbocycles. The maximum absolute atomic E-state index is 6.04. The highest BCUT2D eigenvalue weighted by Gasteiger charge is 2.27. The Morgan fingerprint density at radius 3 is 2.77 bits per heavy atom. The molecule has 3 heterocycles. The van der Waals surface area contributed by atoms with E-state index in [-0.39, 0.29) is 6.10 Å². The maximum atomic E-state index is 6.04. The third-order valence-electron chi connectivity index (χ3n) is 4.14. The van der Waals surface area contributed by atoms with Crippen molar-refractivity contribution >= 4 is 16.3 Å². The van der Waals surface area contributed by atoms with Gasteiger partial charge in [0, 0.05) is 0 Å². The number of nitrogens with zero attached hydrogens (tertiary/aromatic N) is 4. The van der Waals surface area contributed by atoms with E-state index >= 15 is 0 Å². The van der Waals surface area contributed by atoms with Gasteiger partial charge >= 0.3 is 0 Å². The van der Waals surface area contributed by atoms with E-state index in [1.165, 1.54) is 11.3 Å². The highest BCUT2D eigenvalue weighted by atomic mass is 32.1. The third kappa shape index (κ3) is 2.38. The molecule has 0 saturated carbocycles. The number of aromatic nitrogens is 4. The number of rotatable bonds is 3. The first-order valence-electron chi connectivity index (χ1n) is 8.07. The van der Waals surface area contributed by atoms with Gasteiger partial charge in [-0.15, -0.1) is 10.2 Å². The summed E-state index contributed by atoms with van der Waals surface area (Å²) in [5.74, 6) is 2.83. The van der Waals surface area contributed by atoms with Gasteiger partial charge in [-0.1, -0.05) is 35.6 Å². The maximum Gasteiger partial charge on any atom is 0.235 e. The van der Waals surface area contributed by atoms with Gasteiger partial charge in [0.25, 0.3) is 0 Å². The van der Waals surface area contributed by atoms with E-state index in [0.29, 0.717) is 17.4 Å². The van der Waals surface area contributed by atoms with Crippen LogP contribution in [0.3, 0.4) is 0 Å². The molecule has 4 aromatic rings. The Morgan fingerprint density at radius 1 is 1.08 bits per heavy atom. The largest absolute Gasteiger partial charge is 0.496 e. The molecular weight excluding hydrogens is 352 g/mol. The summed E-state index contributed by atoms with van der Waals surface area (Å²) in [5.41, 5.74) is 0.838. The van der Waals surface area contributed by atoms with Crippen molar-refractivity contribution < 1.29 is 14.2 Å². The number of hydrogen-bond acceptors (Lipinski definition) is 7. The highest BCUT2D eigenvalue weighted by molar-refractivity contribution is 7.16. The summed E-state index contributed by atoms with van der Waals surface area (Å²) in [7, 11) is 1.63. The van der Waals surface area contributed by atoms with Crippen LogP contribution in [-0.2, 0) is 0 Å². The summed E-state index contributed by atoms with van der Waals surface area (Å²) in [5, 5.41) is 14.0. The number of para-hydroxylation sites is 3. The molecule has 0 amide bonds. The van der Waals surface area contributed by atoms with Gasteiger partial charge in [0.2, 0.25) is 4.96 Å². The third-order valence-corrected chi connectivity index (χ3v) is 5.13. The van der Waals surface area contributed by atoms with E-state index in [1.54, 1.807) is 11.6 Å². The lowest BCUT2D eigenvalue weighted by Gasteiger charge is -2.24. The first kappa shape index (κ1) is 15.2. The summed E-state index contributed by atoms with van der Waals surface area (Å²) < 4.78 is 19.0. The summed E-state index contributed by atoms with van der Waals surface area (Å²) in [6, 6.07) is 15.3. The smallest absolute Gasteiger partial charge is 0.235 e. The Hall–Kier alpha value is -3.13. The summed E-state index contributed by atoms with van der Waals surface area (Å²) in [4.78, 5) is 0.698. The second kappa shape index (κ2) is 5.99. The molecule has 1 aliphatic heterocycles.